The molecule has 2 fully saturated rings. The van der Waals surface area contributed by atoms with Gasteiger partial charge in [-0.1, -0.05) is 18.2 Å². The number of hydrogen-bond acceptors (Lipinski definition) is 4. The van der Waals surface area contributed by atoms with Gasteiger partial charge in [-0.2, -0.15) is 11.8 Å². The van der Waals surface area contributed by atoms with Gasteiger partial charge in [-0.25, -0.2) is 0 Å². The van der Waals surface area contributed by atoms with Gasteiger partial charge in [0.15, 0.2) is 0 Å². The molecule has 2 bridgehead atoms. The number of nitrogen functional groups attached to an aromatic ring is 1. The smallest absolute Gasteiger partial charge is 0.0576 e. The Morgan fingerprint density at radius 3 is 2.65 bits per heavy atom. The largest absolute Gasteiger partial charge is 0.397 e. The van der Waals surface area contributed by atoms with Gasteiger partial charge < -0.3 is 11.1 Å². The highest BCUT2D eigenvalue weighted by atomic mass is 32.2. The molecular weight excluding hydrogens is 266 g/mol. The van der Waals surface area contributed by atoms with Crippen LogP contribution in [0.1, 0.15) is 12.8 Å². The number of para-hydroxylation sites is 2. The SMILES string of the molecule is C=CCN1C2CSCC1CC(Nc1ccccc1N)C2. The highest BCUT2D eigenvalue weighted by Crippen LogP contribution is 2.34. The summed E-state index contributed by atoms with van der Waals surface area (Å²) in [5.74, 6) is 2.49. The second kappa shape index (κ2) is 6.10. The van der Waals surface area contributed by atoms with E-state index in [1.54, 1.807) is 0 Å². The molecule has 20 heavy (non-hydrogen) atoms. The number of nitrogens with one attached hydrogen (secondary N) is 1. The van der Waals surface area contributed by atoms with E-state index in [1.165, 1.54) is 24.3 Å². The van der Waals surface area contributed by atoms with Crippen molar-refractivity contribution in [1.29, 1.82) is 0 Å². The molecule has 0 aliphatic carbocycles. The summed E-state index contributed by atoms with van der Waals surface area (Å²) >= 11 is 2.10. The first-order valence-corrected chi connectivity index (χ1v) is 8.49. The number of anilines is 2. The van der Waals surface area contributed by atoms with Crippen LogP contribution in [0, 0.1) is 0 Å². The molecule has 0 spiro atoms. The molecule has 1 aromatic carbocycles. The zero-order chi connectivity index (χ0) is 13.9. The van der Waals surface area contributed by atoms with E-state index in [4.69, 9.17) is 5.73 Å². The van der Waals surface area contributed by atoms with Crippen molar-refractivity contribution in [2.75, 3.05) is 29.1 Å². The number of hydrogen-bond donors (Lipinski definition) is 2. The summed E-state index contributed by atoms with van der Waals surface area (Å²) in [7, 11) is 0. The minimum atomic E-state index is 0.539. The Morgan fingerprint density at radius 1 is 1.30 bits per heavy atom. The van der Waals surface area contributed by atoms with Crippen molar-refractivity contribution >= 4 is 23.1 Å². The molecular formula is C16H23N3S. The maximum absolute atomic E-state index is 6.04. The predicted octanol–water partition coefficient (Wildman–Crippen LogP) is 2.82. The first-order chi connectivity index (χ1) is 9.78. The Hall–Kier alpha value is -1.13. The highest BCUT2D eigenvalue weighted by molar-refractivity contribution is 7.99. The van der Waals surface area contributed by atoms with Crippen molar-refractivity contribution in [2.45, 2.75) is 31.0 Å². The summed E-state index contributed by atoms with van der Waals surface area (Å²) in [6.45, 7) is 4.92. The molecule has 2 aliphatic heterocycles. The summed E-state index contributed by atoms with van der Waals surface area (Å²) < 4.78 is 0. The van der Waals surface area contributed by atoms with Crippen LogP contribution in [0.3, 0.4) is 0 Å². The number of fused-ring (bicyclic) bond motifs is 2. The molecule has 2 unspecified atom stereocenters. The van der Waals surface area contributed by atoms with Crippen molar-refractivity contribution in [1.82, 2.24) is 4.90 Å². The number of thioether (sulfide) groups is 1. The van der Waals surface area contributed by atoms with E-state index in [0.717, 1.165) is 17.9 Å². The Kier molecular flexibility index (Phi) is 4.22. The first-order valence-electron chi connectivity index (χ1n) is 7.33. The first kappa shape index (κ1) is 13.8. The molecule has 2 heterocycles. The molecule has 0 saturated carbocycles. The average Bonchev–Trinajstić information content (AvgIpc) is 2.42. The van der Waals surface area contributed by atoms with Crippen molar-refractivity contribution in [3.05, 3.63) is 36.9 Å². The monoisotopic (exact) mass is 289 g/mol. The Labute approximate surface area is 125 Å². The topological polar surface area (TPSA) is 41.3 Å². The maximum atomic E-state index is 6.04. The van der Waals surface area contributed by atoms with E-state index in [-0.39, 0.29) is 0 Å². The summed E-state index contributed by atoms with van der Waals surface area (Å²) in [6, 6.07) is 9.96. The second-order valence-corrected chi connectivity index (χ2v) is 6.81. The van der Waals surface area contributed by atoms with Gasteiger partial charge in [0.25, 0.3) is 0 Å². The third-order valence-electron chi connectivity index (χ3n) is 4.33. The number of piperidine rings is 1. The molecule has 3 rings (SSSR count). The van der Waals surface area contributed by atoms with Crippen LogP contribution in [0.25, 0.3) is 0 Å². The van der Waals surface area contributed by atoms with E-state index in [9.17, 15) is 0 Å². The summed E-state index contributed by atoms with van der Waals surface area (Å²) in [5.41, 5.74) is 7.97. The second-order valence-electron chi connectivity index (χ2n) is 5.73. The average molecular weight is 289 g/mol. The van der Waals surface area contributed by atoms with Gasteiger partial charge in [-0.15, -0.1) is 6.58 Å². The lowest BCUT2D eigenvalue weighted by atomic mass is 9.92. The Morgan fingerprint density at radius 2 is 2.00 bits per heavy atom. The quantitative estimate of drug-likeness (QED) is 0.660. The fraction of sp³-hybridized carbons (Fsp3) is 0.500. The summed E-state index contributed by atoms with van der Waals surface area (Å²) in [5, 5.41) is 3.65. The summed E-state index contributed by atoms with van der Waals surface area (Å²) in [4.78, 5) is 2.63. The van der Waals surface area contributed by atoms with Crippen LogP contribution in [0.5, 0.6) is 0 Å². The van der Waals surface area contributed by atoms with Gasteiger partial charge >= 0.3 is 0 Å². The molecule has 3 nitrogen and oxygen atoms in total. The van der Waals surface area contributed by atoms with Crippen LogP contribution in [-0.2, 0) is 0 Å². The fourth-order valence-electron chi connectivity index (χ4n) is 3.40. The number of nitrogens with two attached hydrogens (primary N) is 1. The lowest BCUT2D eigenvalue weighted by molar-refractivity contribution is 0.110. The molecule has 0 radical (unpaired) electrons. The predicted molar refractivity (Wildman–Crippen MR) is 89.3 cm³/mol. The number of rotatable bonds is 4. The normalized spacial score (nSPS) is 29.9. The minimum Gasteiger partial charge on any atom is -0.397 e. The van der Waals surface area contributed by atoms with Gasteiger partial charge in [0.05, 0.1) is 11.4 Å². The molecule has 1 aromatic rings. The Bertz CT molecular complexity index is 463. The van der Waals surface area contributed by atoms with Gasteiger partial charge in [-0.3, -0.25) is 4.90 Å². The Balaban J connectivity index is 1.69. The van der Waals surface area contributed by atoms with Crippen molar-refractivity contribution < 1.29 is 0 Å². The molecule has 4 heteroatoms. The molecule has 2 saturated heterocycles. The van der Waals surface area contributed by atoms with E-state index >= 15 is 0 Å². The molecule has 0 aromatic heterocycles. The fourth-order valence-corrected chi connectivity index (χ4v) is 4.74. The van der Waals surface area contributed by atoms with E-state index in [2.05, 4.69) is 34.6 Å². The lowest BCUT2D eigenvalue weighted by Crippen LogP contribution is -2.57. The van der Waals surface area contributed by atoms with Crippen molar-refractivity contribution in [3.63, 3.8) is 0 Å². The maximum Gasteiger partial charge on any atom is 0.0576 e. The van der Waals surface area contributed by atoms with Crippen LogP contribution in [0.15, 0.2) is 36.9 Å². The van der Waals surface area contributed by atoms with Gasteiger partial charge in [0.1, 0.15) is 0 Å². The van der Waals surface area contributed by atoms with Gasteiger partial charge in [-0.05, 0) is 25.0 Å². The van der Waals surface area contributed by atoms with Crippen LogP contribution >= 0.6 is 11.8 Å². The highest BCUT2D eigenvalue weighted by Gasteiger charge is 2.37. The van der Waals surface area contributed by atoms with E-state index in [0.29, 0.717) is 18.1 Å². The summed E-state index contributed by atoms with van der Waals surface area (Å²) in [6.07, 6.45) is 4.44. The zero-order valence-corrected chi connectivity index (χ0v) is 12.6. The number of nitrogens with zero attached hydrogens (tertiary/aromatic N) is 1. The van der Waals surface area contributed by atoms with Crippen molar-refractivity contribution in [3.8, 4) is 0 Å². The third kappa shape index (κ3) is 2.81. The molecule has 108 valence electrons. The molecule has 3 N–H and O–H groups in total. The molecule has 2 aliphatic rings. The van der Waals surface area contributed by atoms with E-state index < -0.39 is 0 Å². The van der Waals surface area contributed by atoms with Crippen LogP contribution in [0.2, 0.25) is 0 Å². The van der Waals surface area contributed by atoms with Crippen LogP contribution < -0.4 is 11.1 Å². The lowest BCUT2D eigenvalue weighted by Gasteiger charge is -2.48. The molecule has 0 amide bonds. The van der Waals surface area contributed by atoms with Gasteiger partial charge in [0, 0.05) is 36.2 Å². The van der Waals surface area contributed by atoms with Crippen LogP contribution in [0.4, 0.5) is 11.4 Å². The molecule has 2 atom stereocenters. The van der Waals surface area contributed by atoms with Crippen LogP contribution in [-0.4, -0.2) is 41.1 Å². The van der Waals surface area contributed by atoms with Gasteiger partial charge in [0.2, 0.25) is 0 Å². The zero-order valence-electron chi connectivity index (χ0n) is 11.8. The van der Waals surface area contributed by atoms with E-state index in [1.807, 2.05) is 24.3 Å². The van der Waals surface area contributed by atoms with Crippen molar-refractivity contribution in [2.24, 2.45) is 0 Å². The third-order valence-corrected chi connectivity index (χ3v) is 5.57. The minimum absolute atomic E-state index is 0.539. The standard InChI is InChI=1S/C16H23N3S/c1-2-7-19-13-8-12(9-14(19)11-20-10-13)18-16-6-4-3-5-15(16)17/h2-6,12-14,18H,1,7-11,17H2. The number of benzene rings is 1.